The van der Waals surface area contributed by atoms with Crippen LogP contribution < -0.4 is 5.73 Å². The lowest BCUT2D eigenvalue weighted by atomic mass is 9.91. The molecule has 1 amide bonds. The zero-order valence-corrected chi connectivity index (χ0v) is 9.67. The Morgan fingerprint density at radius 1 is 1.47 bits per heavy atom. The maximum atomic E-state index is 12.0. The number of amides is 1. The van der Waals surface area contributed by atoms with E-state index in [0.29, 0.717) is 0 Å². The standard InChI is InChI=1S/C10H16N4O3/c1-14(6-4-2-3-5-7(6)15)10(16)8-9(11)13-17-12-8/h6-7,15H,2-5H2,1H3,(H2,11,13). The molecule has 0 bridgehead atoms. The van der Waals surface area contributed by atoms with Crippen LogP contribution in [0.4, 0.5) is 5.82 Å². The lowest BCUT2D eigenvalue weighted by molar-refractivity contribution is 0.0262. The van der Waals surface area contributed by atoms with Gasteiger partial charge in [0.05, 0.1) is 12.1 Å². The van der Waals surface area contributed by atoms with Gasteiger partial charge < -0.3 is 15.7 Å². The van der Waals surface area contributed by atoms with Crippen LogP contribution in [0.25, 0.3) is 0 Å². The molecule has 0 aliphatic heterocycles. The van der Waals surface area contributed by atoms with Crippen molar-refractivity contribution in [1.82, 2.24) is 15.2 Å². The van der Waals surface area contributed by atoms with E-state index >= 15 is 0 Å². The maximum Gasteiger partial charge on any atom is 0.280 e. The molecule has 1 aliphatic carbocycles. The number of hydrogen-bond acceptors (Lipinski definition) is 6. The minimum atomic E-state index is -0.487. The smallest absolute Gasteiger partial charge is 0.280 e. The summed E-state index contributed by atoms with van der Waals surface area (Å²) in [6.07, 6.45) is 3.02. The van der Waals surface area contributed by atoms with E-state index in [-0.39, 0.29) is 23.5 Å². The second-order valence-electron chi connectivity index (χ2n) is 4.33. The summed E-state index contributed by atoms with van der Waals surface area (Å²) in [6, 6.07) is -0.188. The number of anilines is 1. The average molecular weight is 240 g/mol. The summed E-state index contributed by atoms with van der Waals surface area (Å²) in [6.45, 7) is 0. The lowest BCUT2D eigenvalue weighted by Gasteiger charge is -2.34. The van der Waals surface area contributed by atoms with Crippen molar-refractivity contribution in [3.8, 4) is 0 Å². The van der Waals surface area contributed by atoms with Crippen LogP contribution in [0.2, 0.25) is 0 Å². The van der Waals surface area contributed by atoms with Crippen molar-refractivity contribution in [2.75, 3.05) is 12.8 Å². The second-order valence-corrected chi connectivity index (χ2v) is 4.33. The molecular formula is C10H16N4O3. The quantitative estimate of drug-likeness (QED) is 0.755. The minimum absolute atomic E-state index is 0.00488. The van der Waals surface area contributed by atoms with E-state index in [1.807, 2.05) is 0 Å². The zero-order chi connectivity index (χ0) is 12.4. The highest BCUT2D eigenvalue weighted by Crippen LogP contribution is 2.23. The van der Waals surface area contributed by atoms with E-state index in [9.17, 15) is 9.90 Å². The third kappa shape index (κ3) is 2.23. The van der Waals surface area contributed by atoms with Crippen LogP contribution in [0.1, 0.15) is 36.2 Å². The molecule has 0 saturated heterocycles. The summed E-state index contributed by atoms with van der Waals surface area (Å²) < 4.78 is 4.40. The Labute approximate surface area is 98.5 Å². The van der Waals surface area contributed by atoms with E-state index in [4.69, 9.17) is 5.73 Å². The molecule has 2 rings (SSSR count). The van der Waals surface area contributed by atoms with Crippen LogP contribution in [-0.2, 0) is 0 Å². The second kappa shape index (κ2) is 4.70. The number of nitrogens with two attached hydrogens (primary N) is 1. The first-order valence-corrected chi connectivity index (χ1v) is 5.64. The molecule has 0 spiro atoms. The Bertz CT molecular complexity index is 406. The van der Waals surface area contributed by atoms with Gasteiger partial charge in [-0.25, -0.2) is 4.63 Å². The number of nitrogen functional groups attached to an aromatic ring is 1. The highest BCUT2D eigenvalue weighted by molar-refractivity contribution is 5.96. The van der Waals surface area contributed by atoms with Crippen molar-refractivity contribution in [1.29, 1.82) is 0 Å². The Morgan fingerprint density at radius 2 is 2.18 bits per heavy atom. The molecule has 1 aromatic heterocycles. The lowest BCUT2D eigenvalue weighted by Crippen LogP contribution is -2.46. The summed E-state index contributed by atoms with van der Waals surface area (Å²) >= 11 is 0. The van der Waals surface area contributed by atoms with E-state index in [0.717, 1.165) is 25.7 Å². The van der Waals surface area contributed by atoms with Crippen LogP contribution in [-0.4, -0.2) is 45.4 Å². The largest absolute Gasteiger partial charge is 0.391 e. The molecular weight excluding hydrogens is 224 g/mol. The molecule has 3 N–H and O–H groups in total. The van der Waals surface area contributed by atoms with Gasteiger partial charge in [-0.2, -0.15) is 0 Å². The van der Waals surface area contributed by atoms with Crippen LogP contribution in [0.5, 0.6) is 0 Å². The van der Waals surface area contributed by atoms with Crippen LogP contribution in [0, 0.1) is 0 Å². The Kier molecular flexibility index (Phi) is 3.28. The van der Waals surface area contributed by atoms with Gasteiger partial charge >= 0.3 is 0 Å². The molecule has 2 unspecified atom stereocenters. The number of rotatable bonds is 2. The topological polar surface area (TPSA) is 105 Å². The van der Waals surface area contributed by atoms with Gasteiger partial charge in [0.1, 0.15) is 0 Å². The predicted molar refractivity (Wildman–Crippen MR) is 59.1 cm³/mol. The fourth-order valence-corrected chi connectivity index (χ4v) is 2.20. The number of likely N-dealkylation sites (N-methyl/N-ethyl adjacent to an activating group) is 1. The molecule has 7 nitrogen and oxygen atoms in total. The highest BCUT2D eigenvalue weighted by Gasteiger charge is 2.32. The number of nitrogens with zero attached hydrogens (tertiary/aromatic N) is 3. The molecule has 1 aliphatic rings. The predicted octanol–water partition coefficient (Wildman–Crippen LogP) is 0.0273. The van der Waals surface area contributed by atoms with E-state index in [2.05, 4.69) is 14.9 Å². The van der Waals surface area contributed by atoms with Gasteiger partial charge in [0, 0.05) is 7.05 Å². The van der Waals surface area contributed by atoms with Crippen LogP contribution in [0.3, 0.4) is 0 Å². The maximum absolute atomic E-state index is 12.0. The van der Waals surface area contributed by atoms with Crippen molar-refractivity contribution < 1.29 is 14.5 Å². The third-order valence-corrected chi connectivity index (χ3v) is 3.23. The van der Waals surface area contributed by atoms with Crippen molar-refractivity contribution >= 4 is 11.7 Å². The van der Waals surface area contributed by atoms with Gasteiger partial charge in [-0.05, 0) is 23.2 Å². The Balaban J connectivity index is 2.11. The fourth-order valence-electron chi connectivity index (χ4n) is 2.20. The number of hydrogen-bond donors (Lipinski definition) is 2. The molecule has 1 saturated carbocycles. The van der Waals surface area contributed by atoms with Gasteiger partial charge in [0.15, 0.2) is 0 Å². The van der Waals surface area contributed by atoms with Crippen LogP contribution in [0.15, 0.2) is 4.63 Å². The van der Waals surface area contributed by atoms with Crippen molar-refractivity contribution in [2.45, 2.75) is 37.8 Å². The normalized spacial score (nSPS) is 24.6. The summed E-state index contributed by atoms with van der Waals surface area (Å²) in [7, 11) is 1.63. The molecule has 94 valence electrons. The molecule has 1 aromatic rings. The third-order valence-electron chi connectivity index (χ3n) is 3.23. The molecule has 1 fully saturated rings. The molecule has 0 radical (unpaired) electrons. The highest BCUT2D eigenvalue weighted by atomic mass is 16.6. The van der Waals surface area contributed by atoms with Gasteiger partial charge in [0.25, 0.3) is 5.91 Å². The average Bonchev–Trinajstić information content (AvgIpc) is 2.74. The molecule has 2 atom stereocenters. The summed E-state index contributed by atoms with van der Waals surface area (Å²) in [5, 5.41) is 16.7. The molecule has 7 heteroatoms. The van der Waals surface area contributed by atoms with E-state index < -0.39 is 6.10 Å². The fraction of sp³-hybridized carbons (Fsp3) is 0.700. The molecule has 17 heavy (non-hydrogen) atoms. The number of carbonyl (C=O) groups excluding carboxylic acids is 1. The summed E-state index contributed by atoms with van der Waals surface area (Å²) in [4.78, 5) is 13.5. The number of aliphatic hydroxyl groups excluding tert-OH is 1. The van der Waals surface area contributed by atoms with E-state index in [1.165, 1.54) is 4.90 Å². The summed E-state index contributed by atoms with van der Waals surface area (Å²) in [5.41, 5.74) is 5.47. The first-order chi connectivity index (χ1) is 8.11. The number of aromatic nitrogens is 2. The molecule has 1 heterocycles. The van der Waals surface area contributed by atoms with Crippen LogP contribution >= 0.6 is 0 Å². The first-order valence-electron chi connectivity index (χ1n) is 5.64. The Hall–Kier alpha value is -1.63. The number of aliphatic hydroxyl groups is 1. The Morgan fingerprint density at radius 3 is 2.76 bits per heavy atom. The van der Waals surface area contributed by atoms with Crippen molar-refractivity contribution in [3.63, 3.8) is 0 Å². The molecule has 0 aromatic carbocycles. The SMILES string of the molecule is CN(C(=O)c1nonc1N)C1CCCCC1O. The number of carbonyl (C=O) groups is 1. The van der Waals surface area contributed by atoms with Gasteiger partial charge in [-0.1, -0.05) is 12.8 Å². The van der Waals surface area contributed by atoms with E-state index in [1.54, 1.807) is 7.05 Å². The monoisotopic (exact) mass is 240 g/mol. The first kappa shape index (κ1) is 11.8. The summed E-state index contributed by atoms with van der Waals surface area (Å²) in [5.74, 6) is -0.387. The van der Waals surface area contributed by atoms with Gasteiger partial charge in [-0.3, -0.25) is 4.79 Å². The van der Waals surface area contributed by atoms with Crippen molar-refractivity contribution in [2.24, 2.45) is 0 Å². The zero-order valence-electron chi connectivity index (χ0n) is 9.67. The van der Waals surface area contributed by atoms with Crippen molar-refractivity contribution in [3.05, 3.63) is 5.69 Å². The minimum Gasteiger partial charge on any atom is -0.391 e. The van der Waals surface area contributed by atoms with Gasteiger partial charge in [-0.15, -0.1) is 0 Å². The van der Waals surface area contributed by atoms with Gasteiger partial charge in [0.2, 0.25) is 11.5 Å².